The number of ether oxygens (including phenoxy) is 1. The molecule has 0 bridgehead atoms. The summed E-state index contributed by atoms with van der Waals surface area (Å²) in [6.07, 6.45) is 1.61. The Morgan fingerprint density at radius 3 is 2.68 bits per heavy atom. The minimum Gasteiger partial charge on any atom is -0.493 e. The lowest BCUT2D eigenvalue weighted by molar-refractivity contribution is 0.253. The van der Waals surface area contributed by atoms with Crippen molar-refractivity contribution in [2.75, 3.05) is 13.2 Å². The summed E-state index contributed by atoms with van der Waals surface area (Å²) in [5.74, 6) is 0.881. The van der Waals surface area contributed by atoms with Gasteiger partial charge in [0.05, 0.1) is 6.61 Å². The summed E-state index contributed by atoms with van der Waals surface area (Å²) in [6, 6.07) is 12.2. The molecule has 0 aromatic heterocycles. The summed E-state index contributed by atoms with van der Waals surface area (Å²) in [5, 5.41) is 11.1. The molecule has 2 rings (SSSR count). The molecule has 1 atom stereocenters. The molecule has 19 heavy (non-hydrogen) atoms. The van der Waals surface area contributed by atoms with Gasteiger partial charge in [0.2, 0.25) is 0 Å². The zero-order chi connectivity index (χ0) is 13.7. The summed E-state index contributed by atoms with van der Waals surface area (Å²) in [4.78, 5) is 0. The fraction of sp³-hybridized carbons (Fsp3) is 0.375. The Bertz CT molecular complexity index is 537. The number of aliphatic hydroxyl groups excluding tert-OH is 1. The van der Waals surface area contributed by atoms with Gasteiger partial charge in [-0.3, -0.25) is 0 Å². The summed E-state index contributed by atoms with van der Waals surface area (Å²) >= 11 is 0. The highest BCUT2D eigenvalue weighted by Crippen LogP contribution is 2.33. The van der Waals surface area contributed by atoms with Gasteiger partial charge in [-0.05, 0) is 25.2 Å². The minimum atomic E-state index is -0.0579. The van der Waals surface area contributed by atoms with Crippen molar-refractivity contribution < 1.29 is 9.84 Å². The number of unbranched alkanes of at least 4 members (excludes halogenated alkanes) is 1. The molecule has 0 aliphatic rings. The molecule has 0 amide bonds. The highest BCUT2D eigenvalue weighted by Gasteiger charge is 2.11. The van der Waals surface area contributed by atoms with E-state index in [-0.39, 0.29) is 12.6 Å². The van der Waals surface area contributed by atoms with Gasteiger partial charge in [-0.15, -0.1) is 0 Å². The number of aliphatic hydroxyl groups is 1. The molecule has 0 aliphatic heterocycles. The maximum Gasteiger partial charge on any atom is 0.131 e. The number of fused-ring (bicyclic) bond motifs is 1. The first kappa shape index (κ1) is 13.8. The van der Waals surface area contributed by atoms with Crippen LogP contribution < -0.4 is 10.5 Å². The quantitative estimate of drug-likeness (QED) is 0.784. The van der Waals surface area contributed by atoms with Gasteiger partial charge in [-0.2, -0.15) is 0 Å². The van der Waals surface area contributed by atoms with Gasteiger partial charge in [0.1, 0.15) is 5.75 Å². The second-order valence-corrected chi connectivity index (χ2v) is 4.77. The van der Waals surface area contributed by atoms with Crippen molar-refractivity contribution in [3.05, 3.63) is 42.0 Å². The molecule has 2 aromatic rings. The maximum atomic E-state index is 8.80. The highest BCUT2D eigenvalue weighted by atomic mass is 16.5. The summed E-state index contributed by atoms with van der Waals surface area (Å²) in [7, 11) is 0. The number of hydrogen-bond acceptors (Lipinski definition) is 3. The van der Waals surface area contributed by atoms with Crippen molar-refractivity contribution in [3.63, 3.8) is 0 Å². The van der Waals surface area contributed by atoms with Crippen molar-refractivity contribution in [1.29, 1.82) is 0 Å². The number of benzene rings is 2. The molecule has 0 heterocycles. The van der Waals surface area contributed by atoms with E-state index in [9.17, 15) is 0 Å². The molecule has 0 unspecified atom stereocenters. The normalized spacial score (nSPS) is 12.6. The molecule has 0 radical (unpaired) electrons. The predicted molar refractivity (Wildman–Crippen MR) is 78.4 cm³/mol. The second-order valence-electron chi connectivity index (χ2n) is 4.77. The summed E-state index contributed by atoms with van der Waals surface area (Å²) in [6.45, 7) is 2.78. The molecule has 3 nitrogen and oxygen atoms in total. The van der Waals surface area contributed by atoms with E-state index < -0.39 is 0 Å². The zero-order valence-corrected chi connectivity index (χ0v) is 11.3. The predicted octanol–water partition coefficient (Wildman–Crippen LogP) is 3.01. The fourth-order valence-corrected chi connectivity index (χ4v) is 2.17. The Morgan fingerprint density at radius 2 is 1.95 bits per heavy atom. The average molecular weight is 259 g/mol. The van der Waals surface area contributed by atoms with E-state index in [1.807, 2.05) is 25.1 Å². The molecular formula is C16H21NO2. The number of hydrogen-bond donors (Lipinski definition) is 2. The number of nitrogens with two attached hydrogens (primary N) is 1. The van der Waals surface area contributed by atoms with Crippen molar-refractivity contribution >= 4 is 10.8 Å². The number of rotatable bonds is 6. The van der Waals surface area contributed by atoms with E-state index in [0.717, 1.165) is 34.9 Å². The van der Waals surface area contributed by atoms with Crippen LogP contribution in [0.1, 0.15) is 31.4 Å². The van der Waals surface area contributed by atoms with E-state index in [1.54, 1.807) is 0 Å². The van der Waals surface area contributed by atoms with Crippen LogP contribution in [-0.4, -0.2) is 18.3 Å². The lowest BCUT2D eigenvalue weighted by Gasteiger charge is -2.16. The first-order chi connectivity index (χ1) is 9.24. The van der Waals surface area contributed by atoms with Gasteiger partial charge in [-0.25, -0.2) is 0 Å². The molecule has 0 spiro atoms. The minimum absolute atomic E-state index is 0.0579. The highest BCUT2D eigenvalue weighted by molar-refractivity contribution is 5.89. The van der Waals surface area contributed by atoms with Gasteiger partial charge < -0.3 is 15.6 Å². The van der Waals surface area contributed by atoms with Crippen LogP contribution in [0.5, 0.6) is 5.75 Å². The van der Waals surface area contributed by atoms with Crippen LogP contribution in [0.3, 0.4) is 0 Å². The van der Waals surface area contributed by atoms with Crippen LogP contribution in [0, 0.1) is 0 Å². The average Bonchev–Trinajstić information content (AvgIpc) is 2.43. The lowest BCUT2D eigenvalue weighted by atomic mass is 10.0. The Balaban J connectivity index is 2.33. The molecule has 102 valence electrons. The van der Waals surface area contributed by atoms with Gasteiger partial charge >= 0.3 is 0 Å². The third kappa shape index (κ3) is 3.25. The Hall–Kier alpha value is -1.58. The maximum absolute atomic E-state index is 8.80. The summed E-state index contributed by atoms with van der Waals surface area (Å²) in [5.41, 5.74) is 7.05. The van der Waals surface area contributed by atoms with E-state index in [2.05, 4.69) is 18.2 Å². The second kappa shape index (κ2) is 6.55. The molecule has 3 N–H and O–H groups in total. The SMILES string of the molecule is C[C@H](N)c1ccc2ccccc2c1OCCCCO. The lowest BCUT2D eigenvalue weighted by Crippen LogP contribution is -2.09. The smallest absolute Gasteiger partial charge is 0.131 e. The van der Waals surface area contributed by atoms with Crippen LogP contribution in [0.4, 0.5) is 0 Å². The monoisotopic (exact) mass is 259 g/mol. The molecule has 3 heteroatoms. The van der Waals surface area contributed by atoms with Crippen LogP contribution in [0.2, 0.25) is 0 Å². The molecule has 2 aromatic carbocycles. The third-order valence-electron chi connectivity index (χ3n) is 3.20. The third-order valence-corrected chi connectivity index (χ3v) is 3.20. The van der Waals surface area contributed by atoms with Gasteiger partial charge in [0, 0.05) is 23.6 Å². The first-order valence-electron chi connectivity index (χ1n) is 6.75. The molecular weight excluding hydrogens is 238 g/mol. The van der Waals surface area contributed by atoms with Crippen molar-refractivity contribution in [2.45, 2.75) is 25.8 Å². The van der Waals surface area contributed by atoms with Crippen molar-refractivity contribution in [1.82, 2.24) is 0 Å². The largest absolute Gasteiger partial charge is 0.493 e. The Kier molecular flexibility index (Phi) is 4.77. The van der Waals surface area contributed by atoms with E-state index in [0.29, 0.717) is 6.61 Å². The summed E-state index contributed by atoms with van der Waals surface area (Å²) < 4.78 is 5.92. The van der Waals surface area contributed by atoms with E-state index >= 15 is 0 Å². The fourth-order valence-electron chi connectivity index (χ4n) is 2.17. The van der Waals surface area contributed by atoms with E-state index in [4.69, 9.17) is 15.6 Å². The zero-order valence-electron chi connectivity index (χ0n) is 11.3. The standard InChI is InChI=1S/C16H21NO2/c1-12(17)14-9-8-13-6-2-3-7-15(13)16(14)19-11-5-4-10-18/h2-3,6-9,12,18H,4-5,10-11,17H2,1H3/t12-/m0/s1. The molecule has 0 saturated carbocycles. The molecule has 0 aliphatic carbocycles. The Labute approximate surface area is 114 Å². The first-order valence-corrected chi connectivity index (χ1v) is 6.75. The van der Waals surface area contributed by atoms with E-state index in [1.165, 1.54) is 0 Å². The van der Waals surface area contributed by atoms with Gasteiger partial charge in [0.15, 0.2) is 0 Å². The van der Waals surface area contributed by atoms with Gasteiger partial charge in [0.25, 0.3) is 0 Å². The molecule has 0 fully saturated rings. The topological polar surface area (TPSA) is 55.5 Å². The van der Waals surface area contributed by atoms with Crippen LogP contribution in [-0.2, 0) is 0 Å². The van der Waals surface area contributed by atoms with Crippen molar-refractivity contribution in [2.24, 2.45) is 5.73 Å². The van der Waals surface area contributed by atoms with Crippen LogP contribution >= 0.6 is 0 Å². The van der Waals surface area contributed by atoms with Crippen molar-refractivity contribution in [3.8, 4) is 5.75 Å². The van der Waals surface area contributed by atoms with Gasteiger partial charge in [-0.1, -0.05) is 36.4 Å². The van der Waals surface area contributed by atoms with Crippen LogP contribution in [0.15, 0.2) is 36.4 Å². The molecule has 0 saturated heterocycles. The van der Waals surface area contributed by atoms with Crippen LogP contribution in [0.25, 0.3) is 10.8 Å². The Morgan fingerprint density at radius 1 is 1.16 bits per heavy atom.